The number of ether oxygens (including phenoxy) is 1. The number of carbonyl (C=O) groups is 2. The van der Waals surface area contributed by atoms with Gasteiger partial charge in [0.15, 0.2) is 0 Å². The monoisotopic (exact) mass is 228 g/mol. The zero-order valence-corrected chi connectivity index (χ0v) is 8.48. The van der Waals surface area contributed by atoms with Crippen LogP contribution in [0.25, 0.3) is 0 Å². The minimum Gasteiger partial charge on any atom is -0.478 e. The van der Waals surface area contributed by atoms with Gasteiger partial charge in [0.1, 0.15) is 5.88 Å². The molecule has 0 amide bonds. The average Bonchev–Trinajstić information content (AvgIpc) is 2.26. The van der Waals surface area contributed by atoms with Crippen LogP contribution in [0.15, 0.2) is 30.3 Å². The Kier molecular flexibility index (Phi) is 4.12. The number of rotatable bonds is 4. The van der Waals surface area contributed by atoms with Crippen LogP contribution in [0.5, 0.6) is 0 Å². The Labute approximate surface area is 91.4 Å². The summed E-state index contributed by atoms with van der Waals surface area (Å²) < 4.78 is 4.68. The van der Waals surface area contributed by atoms with E-state index >= 15 is 0 Å². The molecule has 0 bridgehead atoms. The van der Waals surface area contributed by atoms with E-state index in [0.717, 1.165) is 0 Å². The maximum absolute atomic E-state index is 10.9. The molecule has 0 spiro atoms. The van der Waals surface area contributed by atoms with Gasteiger partial charge in [-0.2, -0.15) is 0 Å². The average molecular weight is 229 g/mol. The molecule has 0 saturated carbocycles. The molecule has 0 heterocycles. The van der Waals surface area contributed by atoms with Crippen molar-refractivity contribution in [2.24, 2.45) is 0 Å². The van der Waals surface area contributed by atoms with E-state index in [-0.39, 0.29) is 5.88 Å². The van der Waals surface area contributed by atoms with Crippen LogP contribution >= 0.6 is 11.6 Å². The van der Waals surface area contributed by atoms with E-state index in [1.54, 1.807) is 30.3 Å². The number of carbonyl (C=O) groups excluding carboxylic acids is 1. The van der Waals surface area contributed by atoms with Crippen molar-refractivity contribution < 1.29 is 19.4 Å². The standard InChI is InChI=1S/C10H9ClO4/c11-6-8(12)15-9(10(13)14)7-4-2-1-3-5-7/h1-5,9H,6H2,(H,13,14)/t9-/m0/s1. The van der Waals surface area contributed by atoms with Crippen LogP contribution in [0.1, 0.15) is 11.7 Å². The van der Waals surface area contributed by atoms with Gasteiger partial charge in [-0.15, -0.1) is 11.6 Å². The second-order valence-corrected chi connectivity index (χ2v) is 3.02. The van der Waals surface area contributed by atoms with E-state index in [4.69, 9.17) is 16.7 Å². The fraction of sp³-hybridized carbons (Fsp3) is 0.200. The van der Waals surface area contributed by atoms with Crippen LogP contribution in [-0.2, 0) is 14.3 Å². The van der Waals surface area contributed by atoms with E-state index in [9.17, 15) is 9.59 Å². The Morgan fingerprint density at radius 2 is 1.93 bits per heavy atom. The summed E-state index contributed by atoms with van der Waals surface area (Å²) in [6, 6.07) is 8.21. The molecule has 1 atom stereocenters. The van der Waals surface area contributed by atoms with Gasteiger partial charge in [0.2, 0.25) is 6.10 Å². The maximum atomic E-state index is 10.9. The van der Waals surface area contributed by atoms with Crippen LogP contribution in [-0.4, -0.2) is 22.9 Å². The first-order chi connectivity index (χ1) is 7.15. The van der Waals surface area contributed by atoms with Gasteiger partial charge in [-0.25, -0.2) is 4.79 Å². The summed E-state index contributed by atoms with van der Waals surface area (Å²) >= 11 is 5.22. The third kappa shape index (κ3) is 3.25. The summed E-state index contributed by atoms with van der Waals surface area (Å²) in [5.74, 6) is -2.34. The SMILES string of the molecule is O=C(CCl)O[C@H](C(=O)O)c1ccccc1. The van der Waals surface area contributed by atoms with E-state index in [1.165, 1.54) is 0 Å². The Hall–Kier alpha value is -1.55. The first-order valence-corrected chi connectivity index (χ1v) is 4.72. The number of carboxylic acids is 1. The van der Waals surface area contributed by atoms with E-state index in [2.05, 4.69) is 4.74 Å². The van der Waals surface area contributed by atoms with Crippen molar-refractivity contribution in [3.63, 3.8) is 0 Å². The molecule has 0 aromatic heterocycles. The molecule has 0 unspecified atom stereocenters. The lowest BCUT2D eigenvalue weighted by atomic mass is 10.1. The predicted octanol–water partition coefficient (Wildman–Crippen LogP) is 1.59. The Bertz CT molecular complexity index is 350. The second-order valence-electron chi connectivity index (χ2n) is 2.75. The van der Waals surface area contributed by atoms with Gasteiger partial charge in [0.05, 0.1) is 0 Å². The largest absolute Gasteiger partial charge is 0.478 e. The molecule has 0 aliphatic heterocycles. The molecule has 80 valence electrons. The number of aliphatic carboxylic acids is 1. The third-order valence-corrected chi connectivity index (χ3v) is 1.90. The molecule has 0 fully saturated rings. The van der Waals surface area contributed by atoms with Crippen molar-refractivity contribution in [1.29, 1.82) is 0 Å². The number of halogens is 1. The summed E-state index contributed by atoms with van der Waals surface area (Å²) in [5, 5.41) is 8.85. The Morgan fingerprint density at radius 3 is 2.40 bits per heavy atom. The molecule has 15 heavy (non-hydrogen) atoms. The van der Waals surface area contributed by atoms with Crippen molar-refractivity contribution in [2.75, 3.05) is 5.88 Å². The Morgan fingerprint density at radius 1 is 1.33 bits per heavy atom. The van der Waals surface area contributed by atoms with Gasteiger partial charge in [-0.3, -0.25) is 4.79 Å². The van der Waals surface area contributed by atoms with Gasteiger partial charge in [0.25, 0.3) is 0 Å². The lowest BCUT2D eigenvalue weighted by Crippen LogP contribution is -2.19. The van der Waals surface area contributed by atoms with Gasteiger partial charge in [-0.1, -0.05) is 30.3 Å². The second kappa shape index (κ2) is 5.36. The van der Waals surface area contributed by atoms with Crippen molar-refractivity contribution in [3.8, 4) is 0 Å². The minimum absolute atomic E-state index is 0.364. The van der Waals surface area contributed by atoms with Crippen LogP contribution < -0.4 is 0 Å². The fourth-order valence-electron chi connectivity index (χ4n) is 1.05. The van der Waals surface area contributed by atoms with Gasteiger partial charge >= 0.3 is 11.9 Å². The van der Waals surface area contributed by atoms with Crippen molar-refractivity contribution >= 4 is 23.5 Å². The summed E-state index contributed by atoms with van der Waals surface area (Å²) in [5.41, 5.74) is 0.406. The molecule has 0 aliphatic carbocycles. The van der Waals surface area contributed by atoms with Crippen LogP contribution in [0, 0.1) is 0 Å². The van der Waals surface area contributed by atoms with Crippen LogP contribution in [0.2, 0.25) is 0 Å². The van der Waals surface area contributed by atoms with E-state index in [1.807, 2.05) is 0 Å². The highest BCUT2D eigenvalue weighted by Crippen LogP contribution is 2.17. The lowest BCUT2D eigenvalue weighted by molar-refractivity contribution is -0.162. The number of benzene rings is 1. The molecule has 1 aromatic rings. The lowest BCUT2D eigenvalue weighted by Gasteiger charge is -2.12. The topological polar surface area (TPSA) is 63.6 Å². The first-order valence-electron chi connectivity index (χ1n) is 4.18. The third-order valence-electron chi connectivity index (χ3n) is 1.69. The highest BCUT2D eigenvalue weighted by molar-refractivity contribution is 6.26. The van der Waals surface area contributed by atoms with Crippen LogP contribution in [0.3, 0.4) is 0 Å². The molecule has 4 nitrogen and oxygen atoms in total. The molecule has 1 aromatic carbocycles. The van der Waals surface area contributed by atoms with E-state index < -0.39 is 18.0 Å². The summed E-state index contributed by atoms with van der Waals surface area (Å²) in [7, 11) is 0. The molecule has 1 N–H and O–H groups in total. The minimum atomic E-state index is -1.29. The first kappa shape index (κ1) is 11.5. The number of hydrogen-bond donors (Lipinski definition) is 1. The smallest absolute Gasteiger partial charge is 0.349 e. The fourth-order valence-corrected chi connectivity index (χ4v) is 1.11. The molecule has 0 saturated heterocycles. The van der Waals surface area contributed by atoms with E-state index in [0.29, 0.717) is 5.56 Å². The highest BCUT2D eigenvalue weighted by Gasteiger charge is 2.23. The van der Waals surface area contributed by atoms with Crippen molar-refractivity contribution in [1.82, 2.24) is 0 Å². The molecular formula is C10H9ClO4. The molecule has 5 heteroatoms. The number of carboxylic acid groups (broad SMARTS) is 1. The maximum Gasteiger partial charge on any atom is 0.349 e. The molecular weight excluding hydrogens is 220 g/mol. The van der Waals surface area contributed by atoms with Gasteiger partial charge < -0.3 is 9.84 Å². The Balaban J connectivity index is 2.84. The zero-order valence-electron chi connectivity index (χ0n) is 7.72. The summed E-state index contributed by atoms with van der Waals surface area (Å²) in [4.78, 5) is 21.7. The molecule has 0 aliphatic rings. The predicted molar refractivity (Wildman–Crippen MR) is 53.6 cm³/mol. The summed E-state index contributed by atoms with van der Waals surface area (Å²) in [6.07, 6.45) is -1.29. The number of alkyl halides is 1. The highest BCUT2D eigenvalue weighted by atomic mass is 35.5. The van der Waals surface area contributed by atoms with Gasteiger partial charge in [-0.05, 0) is 0 Å². The molecule has 1 rings (SSSR count). The van der Waals surface area contributed by atoms with Crippen LogP contribution in [0.4, 0.5) is 0 Å². The molecule has 0 radical (unpaired) electrons. The van der Waals surface area contributed by atoms with Crippen molar-refractivity contribution in [3.05, 3.63) is 35.9 Å². The normalized spacial score (nSPS) is 11.8. The summed E-state index contributed by atoms with van der Waals surface area (Å²) in [6.45, 7) is 0. The zero-order chi connectivity index (χ0) is 11.3. The number of esters is 1. The number of hydrogen-bond acceptors (Lipinski definition) is 3. The van der Waals surface area contributed by atoms with Crippen molar-refractivity contribution in [2.45, 2.75) is 6.10 Å². The quantitative estimate of drug-likeness (QED) is 0.628. The van der Waals surface area contributed by atoms with Gasteiger partial charge in [0, 0.05) is 5.56 Å².